The lowest BCUT2D eigenvalue weighted by Crippen LogP contribution is -2.48. The van der Waals surface area contributed by atoms with Crippen LogP contribution in [0.3, 0.4) is 0 Å². The molecule has 6 heteroatoms. The molecule has 4 rings (SSSR count). The highest BCUT2D eigenvalue weighted by Gasteiger charge is 2.53. The van der Waals surface area contributed by atoms with Crippen molar-refractivity contribution in [3.63, 3.8) is 0 Å². The van der Waals surface area contributed by atoms with E-state index in [-0.39, 0.29) is 11.9 Å². The number of rotatable bonds is 4. The van der Waals surface area contributed by atoms with E-state index in [0.717, 1.165) is 44.5 Å². The van der Waals surface area contributed by atoms with E-state index in [4.69, 9.17) is 0 Å². The molecule has 1 N–H and O–H groups in total. The van der Waals surface area contributed by atoms with Gasteiger partial charge in [-0.1, -0.05) is 30.3 Å². The summed E-state index contributed by atoms with van der Waals surface area (Å²) in [6.45, 7) is 2.35. The molecule has 25 heavy (non-hydrogen) atoms. The van der Waals surface area contributed by atoms with Gasteiger partial charge in [0.25, 0.3) is 5.91 Å². The van der Waals surface area contributed by atoms with Crippen molar-refractivity contribution >= 4 is 23.7 Å². The van der Waals surface area contributed by atoms with Gasteiger partial charge < -0.3 is 5.32 Å². The van der Waals surface area contributed by atoms with Gasteiger partial charge in [0.05, 0.1) is 6.67 Å². The van der Waals surface area contributed by atoms with Crippen LogP contribution in [0.15, 0.2) is 30.3 Å². The Labute approximate surface area is 153 Å². The number of thioether (sulfide) groups is 1. The fraction of sp³-hybridized carbons (Fsp3) is 0.579. The third kappa shape index (κ3) is 3.42. The summed E-state index contributed by atoms with van der Waals surface area (Å²) >= 11 is 1.75. The van der Waals surface area contributed by atoms with Gasteiger partial charge >= 0.3 is 6.03 Å². The van der Waals surface area contributed by atoms with Crippen molar-refractivity contribution in [2.45, 2.75) is 31.2 Å². The summed E-state index contributed by atoms with van der Waals surface area (Å²) < 4.78 is 0. The molecular weight excluding hydrogens is 334 g/mol. The molecule has 1 aromatic rings. The minimum absolute atomic E-state index is 0.0195. The number of amides is 3. The van der Waals surface area contributed by atoms with Crippen molar-refractivity contribution in [1.82, 2.24) is 15.1 Å². The zero-order valence-corrected chi connectivity index (χ0v) is 15.3. The summed E-state index contributed by atoms with van der Waals surface area (Å²) in [6, 6.07) is 10.4. The molecule has 0 radical (unpaired) electrons. The predicted octanol–water partition coefficient (Wildman–Crippen LogP) is 2.33. The van der Waals surface area contributed by atoms with Gasteiger partial charge in [-0.15, -0.1) is 0 Å². The van der Waals surface area contributed by atoms with Crippen molar-refractivity contribution in [2.75, 3.05) is 31.3 Å². The first-order valence-electron chi connectivity index (χ1n) is 9.14. The SMILES string of the molecule is O=C1N[C@]2(CCSC2)C(=O)N1CN1CCC(Cc2ccccc2)CC1. The summed E-state index contributed by atoms with van der Waals surface area (Å²) in [5.74, 6) is 2.34. The maximum Gasteiger partial charge on any atom is 0.326 e. The van der Waals surface area contributed by atoms with Crippen LogP contribution < -0.4 is 5.32 Å². The van der Waals surface area contributed by atoms with Crippen LogP contribution in [0.1, 0.15) is 24.8 Å². The largest absolute Gasteiger partial charge is 0.326 e. The van der Waals surface area contributed by atoms with E-state index in [1.54, 1.807) is 11.8 Å². The number of nitrogens with one attached hydrogen (secondary N) is 1. The average molecular weight is 359 g/mol. The highest BCUT2D eigenvalue weighted by atomic mass is 32.2. The maximum absolute atomic E-state index is 12.7. The van der Waals surface area contributed by atoms with Crippen molar-refractivity contribution in [3.05, 3.63) is 35.9 Å². The van der Waals surface area contributed by atoms with Crippen molar-refractivity contribution in [2.24, 2.45) is 5.92 Å². The van der Waals surface area contributed by atoms with Crippen LogP contribution in [-0.2, 0) is 11.2 Å². The third-order valence-electron chi connectivity index (χ3n) is 5.68. The molecule has 3 heterocycles. The molecule has 1 atom stereocenters. The van der Waals surface area contributed by atoms with E-state index in [2.05, 4.69) is 40.5 Å². The molecule has 3 aliphatic heterocycles. The van der Waals surface area contributed by atoms with Gasteiger partial charge in [0.2, 0.25) is 0 Å². The quantitative estimate of drug-likeness (QED) is 0.839. The Balaban J connectivity index is 1.30. The lowest BCUT2D eigenvalue weighted by atomic mass is 9.90. The first kappa shape index (κ1) is 16.9. The zero-order valence-electron chi connectivity index (χ0n) is 14.4. The standard InChI is InChI=1S/C19H25N3O2S/c23-17-19(8-11-25-13-19)20-18(24)22(17)14-21-9-6-16(7-10-21)12-15-4-2-1-3-5-15/h1-5,16H,6-14H2,(H,20,24)/t19-/m0/s1. The fourth-order valence-electron chi connectivity index (χ4n) is 4.12. The Bertz CT molecular complexity index is 637. The van der Waals surface area contributed by atoms with Crippen LogP contribution in [-0.4, -0.2) is 58.5 Å². The molecule has 3 fully saturated rings. The number of likely N-dealkylation sites (tertiary alicyclic amines) is 1. The summed E-state index contributed by atoms with van der Waals surface area (Å²) in [5.41, 5.74) is 0.781. The topological polar surface area (TPSA) is 52.7 Å². The van der Waals surface area contributed by atoms with Gasteiger partial charge in [-0.05, 0) is 42.9 Å². The first-order chi connectivity index (χ1) is 12.2. The third-order valence-corrected chi connectivity index (χ3v) is 6.87. The first-order valence-corrected chi connectivity index (χ1v) is 10.3. The molecule has 134 valence electrons. The van der Waals surface area contributed by atoms with E-state index in [0.29, 0.717) is 18.3 Å². The number of hydrogen-bond donors (Lipinski definition) is 1. The Kier molecular flexibility index (Phi) is 4.73. The van der Waals surface area contributed by atoms with Gasteiger partial charge in [-0.3, -0.25) is 9.69 Å². The molecule has 0 aromatic heterocycles. The smallest absolute Gasteiger partial charge is 0.322 e. The van der Waals surface area contributed by atoms with Gasteiger partial charge in [0, 0.05) is 18.8 Å². The monoisotopic (exact) mass is 359 g/mol. The number of carbonyl (C=O) groups excluding carboxylic acids is 2. The minimum Gasteiger partial charge on any atom is -0.322 e. The number of carbonyl (C=O) groups is 2. The van der Waals surface area contributed by atoms with Crippen LogP contribution in [0.25, 0.3) is 0 Å². The number of piperidine rings is 1. The average Bonchev–Trinajstić information content (AvgIpc) is 3.18. The number of urea groups is 1. The summed E-state index contributed by atoms with van der Waals surface area (Å²) in [6.07, 6.45) is 4.13. The van der Waals surface area contributed by atoms with E-state index in [1.807, 2.05) is 0 Å². The van der Waals surface area contributed by atoms with Gasteiger partial charge in [0.15, 0.2) is 0 Å². The lowest BCUT2D eigenvalue weighted by molar-refractivity contribution is -0.132. The summed E-state index contributed by atoms with van der Waals surface area (Å²) in [7, 11) is 0. The Morgan fingerprint density at radius 1 is 1.16 bits per heavy atom. The number of nitrogens with zero attached hydrogens (tertiary/aromatic N) is 2. The molecular formula is C19H25N3O2S. The van der Waals surface area contributed by atoms with Crippen LogP contribution in [0.2, 0.25) is 0 Å². The molecule has 1 aromatic carbocycles. The molecule has 0 bridgehead atoms. The number of hydrogen-bond acceptors (Lipinski definition) is 4. The van der Waals surface area contributed by atoms with Gasteiger partial charge in [-0.2, -0.15) is 11.8 Å². The highest BCUT2D eigenvalue weighted by molar-refractivity contribution is 7.99. The minimum atomic E-state index is -0.618. The summed E-state index contributed by atoms with van der Waals surface area (Å²) in [5, 5.41) is 2.95. The molecule has 5 nitrogen and oxygen atoms in total. The van der Waals surface area contributed by atoms with Crippen molar-refractivity contribution in [3.8, 4) is 0 Å². The lowest BCUT2D eigenvalue weighted by Gasteiger charge is -2.33. The van der Waals surface area contributed by atoms with E-state index >= 15 is 0 Å². The zero-order chi connectivity index (χ0) is 17.3. The molecule has 0 unspecified atom stereocenters. The van der Waals surface area contributed by atoms with Crippen LogP contribution in [0.5, 0.6) is 0 Å². The molecule has 0 saturated carbocycles. The number of benzene rings is 1. The van der Waals surface area contributed by atoms with Crippen LogP contribution >= 0.6 is 11.8 Å². The second-order valence-corrected chi connectivity index (χ2v) is 8.55. The van der Waals surface area contributed by atoms with Crippen LogP contribution in [0, 0.1) is 5.92 Å². The van der Waals surface area contributed by atoms with Crippen molar-refractivity contribution in [1.29, 1.82) is 0 Å². The Morgan fingerprint density at radius 2 is 1.92 bits per heavy atom. The van der Waals surface area contributed by atoms with Crippen molar-refractivity contribution < 1.29 is 9.59 Å². The summed E-state index contributed by atoms with van der Waals surface area (Å²) in [4.78, 5) is 28.7. The predicted molar refractivity (Wildman–Crippen MR) is 99.4 cm³/mol. The maximum atomic E-state index is 12.7. The van der Waals surface area contributed by atoms with E-state index < -0.39 is 5.54 Å². The normalized spacial score (nSPS) is 28.1. The molecule has 3 amide bonds. The Hall–Kier alpha value is -1.53. The molecule has 1 spiro atoms. The van der Waals surface area contributed by atoms with Crippen LogP contribution in [0.4, 0.5) is 4.79 Å². The second kappa shape index (κ2) is 7.00. The second-order valence-electron chi connectivity index (χ2n) is 7.44. The molecule has 3 aliphatic rings. The van der Waals surface area contributed by atoms with Gasteiger partial charge in [0.1, 0.15) is 5.54 Å². The number of imide groups is 1. The molecule has 0 aliphatic carbocycles. The van der Waals surface area contributed by atoms with Gasteiger partial charge in [-0.25, -0.2) is 9.69 Å². The van der Waals surface area contributed by atoms with E-state index in [1.165, 1.54) is 10.5 Å². The fourth-order valence-corrected chi connectivity index (χ4v) is 5.44. The Morgan fingerprint density at radius 3 is 2.60 bits per heavy atom. The molecule has 3 saturated heterocycles. The highest BCUT2D eigenvalue weighted by Crippen LogP contribution is 2.33. The van der Waals surface area contributed by atoms with E-state index in [9.17, 15) is 9.59 Å².